The summed E-state index contributed by atoms with van der Waals surface area (Å²) < 4.78 is 96.2. The van der Waals surface area contributed by atoms with E-state index in [1.807, 2.05) is 0 Å². The van der Waals surface area contributed by atoms with E-state index in [9.17, 15) is 27.1 Å². The predicted molar refractivity (Wildman–Crippen MR) is 93.0 cm³/mol. The maximum absolute atomic E-state index is 15.4. The van der Waals surface area contributed by atoms with Gasteiger partial charge in [0, 0.05) is 22.7 Å². The molecule has 1 N–H and O–H groups in total. The maximum atomic E-state index is 15.4. The van der Waals surface area contributed by atoms with E-state index in [0.717, 1.165) is 18.6 Å². The first-order chi connectivity index (χ1) is 14.4. The highest BCUT2D eigenvalue weighted by Gasteiger charge is 2.58. The number of hydrogen-bond acceptors (Lipinski definition) is 6. The molecule has 1 aromatic carbocycles. The molecule has 3 aromatic rings. The Morgan fingerprint density at radius 2 is 1.77 bits per heavy atom. The van der Waals surface area contributed by atoms with E-state index in [-0.39, 0.29) is 4.90 Å². The normalized spacial score (nSPS) is 14.5. The molecule has 0 aliphatic rings. The molecule has 1 unspecified atom stereocenters. The minimum absolute atomic E-state index is 0.0474. The standard InChI is InChI=1S/C17H12F7N5OS/c18-10-1-3-12(13(19)5-10)15(30,7-29-9-26-27-28-29)17(23,24)14-4-2-11(6-25-14)31-8-16(20,21)22/h1-6,9,30H,7-8H2. The summed E-state index contributed by atoms with van der Waals surface area (Å²) in [6.45, 7) is -1.04. The number of aromatic nitrogens is 5. The summed E-state index contributed by atoms with van der Waals surface area (Å²) in [5, 5.41) is 20.9. The predicted octanol–water partition coefficient (Wildman–Crippen LogP) is 3.68. The molecule has 2 aromatic heterocycles. The quantitative estimate of drug-likeness (QED) is 0.422. The Morgan fingerprint density at radius 3 is 2.32 bits per heavy atom. The van der Waals surface area contributed by atoms with Crippen molar-refractivity contribution in [3.63, 3.8) is 0 Å². The van der Waals surface area contributed by atoms with Gasteiger partial charge in [-0.1, -0.05) is 0 Å². The van der Waals surface area contributed by atoms with E-state index in [2.05, 4.69) is 20.5 Å². The number of thioether (sulfide) groups is 1. The lowest BCUT2D eigenvalue weighted by Crippen LogP contribution is -2.48. The molecule has 0 aliphatic heterocycles. The van der Waals surface area contributed by atoms with Crippen molar-refractivity contribution in [2.45, 2.75) is 29.1 Å². The third kappa shape index (κ3) is 4.95. The Bertz CT molecular complexity index is 1030. The SMILES string of the molecule is OC(Cn1cnnn1)(c1ccc(F)cc1F)C(F)(F)c1ccc(SCC(F)(F)F)cn1. The van der Waals surface area contributed by atoms with Crippen molar-refractivity contribution in [1.82, 2.24) is 25.2 Å². The van der Waals surface area contributed by atoms with Crippen LogP contribution in [-0.2, 0) is 18.1 Å². The van der Waals surface area contributed by atoms with Gasteiger partial charge in [0.25, 0.3) is 0 Å². The van der Waals surface area contributed by atoms with Crippen molar-refractivity contribution < 1.29 is 35.8 Å². The lowest BCUT2D eigenvalue weighted by atomic mass is 9.84. The highest BCUT2D eigenvalue weighted by Crippen LogP contribution is 2.46. The second-order valence-electron chi connectivity index (χ2n) is 6.35. The van der Waals surface area contributed by atoms with Gasteiger partial charge in [0.05, 0.1) is 12.3 Å². The third-order valence-corrected chi connectivity index (χ3v) is 5.19. The molecule has 0 saturated heterocycles. The molecule has 2 heterocycles. The van der Waals surface area contributed by atoms with Gasteiger partial charge in [0.1, 0.15) is 23.7 Å². The van der Waals surface area contributed by atoms with Gasteiger partial charge in [-0.3, -0.25) is 4.98 Å². The van der Waals surface area contributed by atoms with Gasteiger partial charge in [0.15, 0.2) is 5.60 Å². The zero-order valence-corrected chi connectivity index (χ0v) is 16.0. The largest absolute Gasteiger partial charge is 0.398 e. The Hall–Kier alpha value is -2.74. The number of rotatable bonds is 7. The summed E-state index contributed by atoms with van der Waals surface area (Å²) in [6.07, 6.45) is -2.80. The van der Waals surface area contributed by atoms with Gasteiger partial charge in [-0.25, -0.2) is 13.5 Å². The fraction of sp³-hybridized carbons (Fsp3) is 0.294. The molecule has 31 heavy (non-hydrogen) atoms. The van der Waals surface area contributed by atoms with Crippen LogP contribution in [0.25, 0.3) is 0 Å². The average Bonchev–Trinajstić information content (AvgIpc) is 3.18. The Kier molecular flexibility index (Phi) is 6.23. The van der Waals surface area contributed by atoms with Crippen LogP contribution in [0.4, 0.5) is 30.7 Å². The first-order valence-electron chi connectivity index (χ1n) is 8.35. The van der Waals surface area contributed by atoms with Gasteiger partial charge in [0.2, 0.25) is 0 Å². The van der Waals surface area contributed by atoms with Crippen LogP contribution in [0.1, 0.15) is 11.3 Å². The molecule has 1 atom stereocenters. The fourth-order valence-electron chi connectivity index (χ4n) is 2.69. The summed E-state index contributed by atoms with van der Waals surface area (Å²) in [5.41, 5.74) is -5.33. The average molecular weight is 467 g/mol. The number of nitrogens with zero attached hydrogens (tertiary/aromatic N) is 5. The van der Waals surface area contributed by atoms with Crippen molar-refractivity contribution in [1.29, 1.82) is 0 Å². The Labute approximate surface area is 174 Å². The van der Waals surface area contributed by atoms with Crippen molar-refractivity contribution >= 4 is 11.8 Å². The summed E-state index contributed by atoms with van der Waals surface area (Å²) in [5.74, 6) is -8.05. The monoisotopic (exact) mass is 467 g/mol. The topological polar surface area (TPSA) is 76.7 Å². The van der Waals surface area contributed by atoms with Gasteiger partial charge >= 0.3 is 12.1 Å². The number of pyridine rings is 1. The summed E-state index contributed by atoms with van der Waals surface area (Å²) in [4.78, 5) is 3.42. The molecule has 0 aliphatic carbocycles. The lowest BCUT2D eigenvalue weighted by molar-refractivity contribution is -0.207. The molecule has 166 valence electrons. The number of benzene rings is 1. The zero-order valence-electron chi connectivity index (χ0n) is 15.2. The van der Waals surface area contributed by atoms with E-state index < -0.39 is 52.9 Å². The molecule has 14 heteroatoms. The van der Waals surface area contributed by atoms with Gasteiger partial charge in [-0.15, -0.1) is 16.9 Å². The number of halogens is 7. The maximum Gasteiger partial charge on any atom is 0.398 e. The Balaban J connectivity index is 2.01. The first kappa shape index (κ1) is 22.9. The molecule has 0 fully saturated rings. The zero-order chi connectivity index (χ0) is 22.9. The van der Waals surface area contributed by atoms with Crippen LogP contribution in [0.5, 0.6) is 0 Å². The highest BCUT2D eigenvalue weighted by atomic mass is 32.2. The lowest BCUT2D eigenvalue weighted by Gasteiger charge is -2.35. The summed E-state index contributed by atoms with van der Waals surface area (Å²) >= 11 is 0.331. The second kappa shape index (κ2) is 8.42. The molecular formula is C17H12F7N5OS. The number of tetrazole rings is 1. The minimum Gasteiger partial charge on any atom is -0.377 e. The van der Waals surface area contributed by atoms with Gasteiger partial charge in [-0.2, -0.15) is 22.0 Å². The highest BCUT2D eigenvalue weighted by molar-refractivity contribution is 7.99. The van der Waals surface area contributed by atoms with E-state index in [4.69, 9.17) is 0 Å². The van der Waals surface area contributed by atoms with Crippen LogP contribution in [0.3, 0.4) is 0 Å². The second-order valence-corrected chi connectivity index (χ2v) is 7.40. The fourth-order valence-corrected chi connectivity index (χ4v) is 3.32. The van der Waals surface area contributed by atoms with E-state index >= 15 is 8.78 Å². The van der Waals surface area contributed by atoms with Crippen molar-refractivity contribution in [3.8, 4) is 0 Å². The molecular weight excluding hydrogens is 455 g/mol. The van der Waals surface area contributed by atoms with E-state index in [1.165, 1.54) is 0 Å². The van der Waals surface area contributed by atoms with Crippen molar-refractivity contribution in [2.75, 3.05) is 5.75 Å². The van der Waals surface area contributed by atoms with Gasteiger partial charge in [-0.05, 0) is 34.7 Å². The molecule has 0 radical (unpaired) electrons. The number of alkyl halides is 5. The van der Waals surface area contributed by atoms with Crippen LogP contribution < -0.4 is 0 Å². The van der Waals surface area contributed by atoms with Gasteiger partial charge < -0.3 is 5.11 Å². The summed E-state index contributed by atoms with van der Waals surface area (Å²) in [6, 6.07) is 3.33. The molecule has 0 saturated carbocycles. The van der Waals surface area contributed by atoms with E-state index in [0.29, 0.717) is 40.7 Å². The van der Waals surface area contributed by atoms with Crippen molar-refractivity contribution in [2.24, 2.45) is 0 Å². The molecule has 3 rings (SSSR count). The van der Waals surface area contributed by atoms with Crippen molar-refractivity contribution in [3.05, 3.63) is 65.7 Å². The smallest absolute Gasteiger partial charge is 0.377 e. The first-order valence-corrected chi connectivity index (χ1v) is 9.33. The summed E-state index contributed by atoms with van der Waals surface area (Å²) in [7, 11) is 0. The Morgan fingerprint density at radius 1 is 1.03 bits per heavy atom. The van der Waals surface area contributed by atoms with Crippen LogP contribution in [0.2, 0.25) is 0 Å². The molecule has 0 amide bonds. The third-order valence-electron chi connectivity index (χ3n) is 4.14. The minimum atomic E-state index is -4.47. The van der Waals surface area contributed by atoms with Crippen LogP contribution in [-0.4, -0.2) is 42.2 Å². The molecule has 6 nitrogen and oxygen atoms in total. The van der Waals surface area contributed by atoms with Crippen LogP contribution >= 0.6 is 11.8 Å². The van der Waals surface area contributed by atoms with Crippen LogP contribution in [0, 0.1) is 11.6 Å². The molecule has 0 bridgehead atoms. The van der Waals surface area contributed by atoms with E-state index in [1.54, 1.807) is 0 Å². The molecule has 0 spiro atoms. The van der Waals surface area contributed by atoms with Crippen LogP contribution in [0.15, 0.2) is 47.8 Å². The number of aliphatic hydroxyl groups is 1. The number of hydrogen-bond donors (Lipinski definition) is 1.